The zero-order valence-corrected chi connectivity index (χ0v) is 12.4. The molecule has 104 valence electrons. The summed E-state index contributed by atoms with van der Waals surface area (Å²) in [6.07, 6.45) is 0. The summed E-state index contributed by atoms with van der Waals surface area (Å²) in [6, 6.07) is 6.05. The molecule has 0 aliphatic rings. The fourth-order valence-corrected chi connectivity index (χ4v) is 2.93. The number of sulfonamides is 1. The van der Waals surface area contributed by atoms with Gasteiger partial charge in [0.05, 0.1) is 16.7 Å². The smallest absolute Gasteiger partial charge is 0.242 e. The molecule has 0 aliphatic carbocycles. The molecule has 0 amide bonds. The van der Waals surface area contributed by atoms with Gasteiger partial charge >= 0.3 is 0 Å². The number of nitriles is 1. The van der Waals surface area contributed by atoms with E-state index < -0.39 is 10.0 Å². The number of likely N-dealkylation sites (N-methyl/N-ethyl adjacent to an activating group) is 1. The molecular formula is C12H16ClN3O2S. The summed E-state index contributed by atoms with van der Waals surface area (Å²) in [5.74, 6) is 0. The Bertz CT molecular complexity index is 581. The minimum atomic E-state index is -3.69. The predicted molar refractivity (Wildman–Crippen MR) is 74.5 cm³/mol. The van der Waals surface area contributed by atoms with Crippen LogP contribution < -0.4 is 4.72 Å². The average molecular weight is 302 g/mol. The van der Waals surface area contributed by atoms with Crippen molar-refractivity contribution in [3.05, 3.63) is 28.8 Å². The van der Waals surface area contributed by atoms with Crippen LogP contribution in [0.1, 0.15) is 12.5 Å². The fourth-order valence-electron chi connectivity index (χ4n) is 1.39. The average Bonchev–Trinajstić information content (AvgIpc) is 2.38. The van der Waals surface area contributed by atoms with E-state index in [0.717, 1.165) is 6.54 Å². The van der Waals surface area contributed by atoms with Crippen LogP contribution in [0.3, 0.4) is 0 Å². The molecule has 0 spiro atoms. The monoisotopic (exact) mass is 301 g/mol. The molecule has 0 aromatic heterocycles. The Labute approximate surface area is 118 Å². The van der Waals surface area contributed by atoms with Crippen LogP contribution >= 0.6 is 11.6 Å². The van der Waals surface area contributed by atoms with Gasteiger partial charge in [-0.1, -0.05) is 18.5 Å². The zero-order valence-electron chi connectivity index (χ0n) is 10.9. The van der Waals surface area contributed by atoms with Crippen molar-refractivity contribution in [2.24, 2.45) is 0 Å². The van der Waals surface area contributed by atoms with Gasteiger partial charge in [-0.15, -0.1) is 0 Å². The van der Waals surface area contributed by atoms with Gasteiger partial charge in [0.25, 0.3) is 0 Å². The normalized spacial score (nSPS) is 11.5. The lowest BCUT2D eigenvalue weighted by molar-refractivity contribution is 0.358. The first-order valence-corrected chi connectivity index (χ1v) is 7.64. The van der Waals surface area contributed by atoms with Crippen molar-refractivity contribution >= 4 is 21.6 Å². The zero-order chi connectivity index (χ0) is 14.5. The van der Waals surface area contributed by atoms with Crippen LogP contribution in [0, 0.1) is 11.3 Å². The first-order valence-electron chi connectivity index (χ1n) is 5.78. The summed E-state index contributed by atoms with van der Waals surface area (Å²) in [7, 11) is -1.79. The van der Waals surface area contributed by atoms with Crippen LogP contribution in [0.15, 0.2) is 23.1 Å². The van der Waals surface area contributed by atoms with Gasteiger partial charge in [-0.2, -0.15) is 5.26 Å². The Morgan fingerprint density at radius 3 is 2.74 bits per heavy atom. The molecular weight excluding hydrogens is 286 g/mol. The first-order chi connectivity index (χ1) is 8.90. The topological polar surface area (TPSA) is 73.2 Å². The Hall–Kier alpha value is -1.13. The number of rotatable bonds is 6. The van der Waals surface area contributed by atoms with Gasteiger partial charge < -0.3 is 4.90 Å². The molecule has 19 heavy (non-hydrogen) atoms. The highest BCUT2D eigenvalue weighted by molar-refractivity contribution is 7.89. The maximum absolute atomic E-state index is 12.1. The van der Waals surface area contributed by atoms with Gasteiger partial charge in [0.1, 0.15) is 4.90 Å². The lowest BCUT2D eigenvalue weighted by Gasteiger charge is -2.14. The van der Waals surface area contributed by atoms with Gasteiger partial charge in [-0.05, 0) is 31.8 Å². The van der Waals surface area contributed by atoms with Crippen LogP contribution in [-0.4, -0.2) is 40.0 Å². The third kappa shape index (κ3) is 4.48. The van der Waals surface area contributed by atoms with E-state index in [1.165, 1.54) is 18.2 Å². The summed E-state index contributed by atoms with van der Waals surface area (Å²) < 4.78 is 26.6. The van der Waals surface area contributed by atoms with E-state index in [0.29, 0.717) is 13.1 Å². The number of benzene rings is 1. The van der Waals surface area contributed by atoms with Crippen LogP contribution in [0.2, 0.25) is 5.02 Å². The molecule has 0 fully saturated rings. The number of halogens is 1. The van der Waals surface area contributed by atoms with E-state index in [4.69, 9.17) is 16.9 Å². The van der Waals surface area contributed by atoms with E-state index in [1.54, 1.807) is 0 Å². The Morgan fingerprint density at radius 2 is 2.16 bits per heavy atom. The molecule has 0 aliphatic heterocycles. The van der Waals surface area contributed by atoms with Crippen LogP contribution in [0.5, 0.6) is 0 Å². The molecule has 5 nitrogen and oxygen atoms in total. The second kappa shape index (κ2) is 6.87. The van der Waals surface area contributed by atoms with E-state index in [1.807, 2.05) is 24.9 Å². The lowest BCUT2D eigenvalue weighted by Crippen LogP contribution is -2.33. The summed E-state index contributed by atoms with van der Waals surface area (Å²) in [6.45, 7) is 3.72. The Balaban J connectivity index is 2.86. The second-order valence-electron chi connectivity index (χ2n) is 4.05. The van der Waals surface area contributed by atoms with E-state index in [9.17, 15) is 8.42 Å². The largest absolute Gasteiger partial charge is 0.305 e. The van der Waals surface area contributed by atoms with E-state index >= 15 is 0 Å². The van der Waals surface area contributed by atoms with Crippen molar-refractivity contribution in [3.63, 3.8) is 0 Å². The van der Waals surface area contributed by atoms with E-state index in [2.05, 4.69) is 4.72 Å². The number of nitrogens with one attached hydrogen (secondary N) is 1. The molecule has 1 aromatic carbocycles. The minimum absolute atomic E-state index is 0.0626. The quantitative estimate of drug-likeness (QED) is 0.863. The molecule has 1 rings (SSSR count). The molecule has 0 saturated carbocycles. The molecule has 0 atom stereocenters. The van der Waals surface area contributed by atoms with Gasteiger partial charge in [0.2, 0.25) is 10.0 Å². The third-order valence-electron chi connectivity index (χ3n) is 2.68. The molecule has 0 saturated heterocycles. The molecule has 0 radical (unpaired) electrons. The third-order valence-corrected chi connectivity index (χ3v) is 4.62. The van der Waals surface area contributed by atoms with Gasteiger partial charge in [-0.3, -0.25) is 0 Å². The lowest BCUT2D eigenvalue weighted by atomic mass is 10.2. The Morgan fingerprint density at radius 1 is 1.47 bits per heavy atom. The van der Waals surface area contributed by atoms with Crippen LogP contribution in [0.25, 0.3) is 0 Å². The molecule has 1 aromatic rings. The minimum Gasteiger partial charge on any atom is -0.305 e. The summed E-state index contributed by atoms with van der Waals surface area (Å²) in [5, 5.41) is 8.89. The second-order valence-corrected chi connectivity index (χ2v) is 6.19. The molecule has 0 bridgehead atoms. The van der Waals surface area contributed by atoms with Crippen LogP contribution in [-0.2, 0) is 10.0 Å². The highest BCUT2D eigenvalue weighted by atomic mass is 35.5. The maximum atomic E-state index is 12.1. The molecule has 0 unspecified atom stereocenters. The summed E-state index contributed by atoms with van der Waals surface area (Å²) in [5.41, 5.74) is 0.260. The van der Waals surface area contributed by atoms with Crippen LogP contribution in [0.4, 0.5) is 0 Å². The number of nitrogens with zero attached hydrogens (tertiary/aromatic N) is 2. The van der Waals surface area contributed by atoms with Gasteiger partial charge in [0.15, 0.2) is 0 Å². The number of hydrogen-bond acceptors (Lipinski definition) is 4. The van der Waals surface area contributed by atoms with Crippen molar-refractivity contribution in [3.8, 4) is 6.07 Å². The summed E-state index contributed by atoms with van der Waals surface area (Å²) >= 11 is 5.87. The molecule has 0 heterocycles. The standard InChI is InChI=1S/C12H16ClN3O2S/c1-3-16(2)7-6-15-19(17,18)12-8-10(9-14)4-5-11(12)13/h4-5,8,15H,3,6-7H2,1-2H3. The maximum Gasteiger partial charge on any atom is 0.242 e. The van der Waals surface area contributed by atoms with Crippen molar-refractivity contribution in [2.45, 2.75) is 11.8 Å². The predicted octanol–water partition coefficient (Wildman–Crippen LogP) is 1.44. The molecule has 7 heteroatoms. The first kappa shape index (κ1) is 15.9. The SMILES string of the molecule is CCN(C)CCNS(=O)(=O)c1cc(C#N)ccc1Cl. The number of hydrogen-bond donors (Lipinski definition) is 1. The van der Waals surface area contributed by atoms with Gasteiger partial charge in [-0.25, -0.2) is 13.1 Å². The van der Waals surface area contributed by atoms with Gasteiger partial charge in [0, 0.05) is 13.1 Å². The van der Waals surface area contributed by atoms with Crippen molar-refractivity contribution < 1.29 is 8.42 Å². The highest BCUT2D eigenvalue weighted by Gasteiger charge is 2.18. The van der Waals surface area contributed by atoms with Crippen molar-refractivity contribution in [2.75, 3.05) is 26.7 Å². The Kier molecular flexibility index (Phi) is 5.76. The van der Waals surface area contributed by atoms with Crippen molar-refractivity contribution in [1.29, 1.82) is 5.26 Å². The molecule has 1 N–H and O–H groups in total. The fraction of sp³-hybridized carbons (Fsp3) is 0.417. The highest BCUT2D eigenvalue weighted by Crippen LogP contribution is 2.22. The summed E-state index contributed by atoms with van der Waals surface area (Å²) in [4.78, 5) is 1.92. The van der Waals surface area contributed by atoms with E-state index in [-0.39, 0.29) is 15.5 Å². The van der Waals surface area contributed by atoms with Crippen molar-refractivity contribution in [1.82, 2.24) is 9.62 Å².